The zero-order chi connectivity index (χ0) is 14.5. The molecule has 0 spiro atoms. The van der Waals surface area contributed by atoms with E-state index in [1.54, 1.807) is 6.07 Å². The van der Waals surface area contributed by atoms with Crippen LogP contribution in [0.2, 0.25) is 0 Å². The van der Waals surface area contributed by atoms with E-state index in [2.05, 4.69) is 12.0 Å². The van der Waals surface area contributed by atoms with Gasteiger partial charge in [0.15, 0.2) is 0 Å². The van der Waals surface area contributed by atoms with Gasteiger partial charge < -0.3 is 4.90 Å². The minimum Gasteiger partial charge on any atom is -0.337 e. The summed E-state index contributed by atoms with van der Waals surface area (Å²) in [6.07, 6.45) is 4.20. The van der Waals surface area contributed by atoms with Crippen LogP contribution in [0.4, 0.5) is 0 Å². The van der Waals surface area contributed by atoms with E-state index in [-0.39, 0.29) is 11.5 Å². The van der Waals surface area contributed by atoms with Crippen LogP contribution in [-0.2, 0) is 6.54 Å². The Bertz CT molecular complexity index is 520. The summed E-state index contributed by atoms with van der Waals surface area (Å²) < 4.78 is 1.38. The van der Waals surface area contributed by atoms with E-state index in [1.807, 2.05) is 11.8 Å². The molecule has 1 heterocycles. The number of aryl methyl sites for hydroxylation is 1. The first-order chi connectivity index (χ1) is 9.65. The standard InChI is InChI=1S/C15H23N3O2/c1-3-9-17(11-12-5-6-12)15(20)13-7-8-14(19)18(16-13)10-4-2/h7-8,12H,3-6,9-11H2,1-2H3. The summed E-state index contributed by atoms with van der Waals surface area (Å²) >= 11 is 0. The SMILES string of the molecule is CCCN(CC1CC1)C(=O)c1ccc(=O)n(CCC)n1. The second-order valence-electron chi connectivity index (χ2n) is 5.47. The van der Waals surface area contributed by atoms with E-state index < -0.39 is 0 Å². The predicted octanol–water partition coefficient (Wildman–Crippen LogP) is 1.92. The Kier molecular flexibility index (Phi) is 4.93. The Hall–Kier alpha value is -1.65. The number of hydrogen-bond donors (Lipinski definition) is 0. The van der Waals surface area contributed by atoms with Gasteiger partial charge in [0, 0.05) is 25.7 Å². The van der Waals surface area contributed by atoms with Crippen molar-refractivity contribution in [1.82, 2.24) is 14.7 Å². The van der Waals surface area contributed by atoms with Gasteiger partial charge in [0.25, 0.3) is 11.5 Å². The van der Waals surface area contributed by atoms with Crippen LogP contribution in [0, 0.1) is 5.92 Å². The van der Waals surface area contributed by atoms with Gasteiger partial charge in [0.1, 0.15) is 5.69 Å². The minimum atomic E-state index is -0.146. The molecule has 0 bridgehead atoms. The number of carbonyl (C=O) groups excluding carboxylic acids is 1. The molecule has 1 aliphatic rings. The van der Waals surface area contributed by atoms with Crippen LogP contribution in [0.5, 0.6) is 0 Å². The molecule has 1 saturated carbocycles. The first kappa shape index (κ1) is 14.8. The quantitative estimate of drug-likeness (QED) is 0.765. The molecule has 0 radical (unpaired) electrons. The van der Waals surface area contributed by atoms with Gasteiger partial charge in [-0.2, -0.15) is 5.10 Å². The molecule has 0 atom stereocenters. The molecule has 5 heteroatoms. The zero-order valence-electron chi connectivity index (χ0n) is 12.3. The first-order valence-electron chi connectivity index (χ1n) is 7.53. The summed E-state index contributed by atoms with van der Waals surface area (Å²) in [7, 11) is 0. The Morgan fingerprint density at radius 3 is 2.70 bits per heavy atom. The Labute approximate surface area is 119 Å². The highest BCUT2D eigenvalue weighted by Gasteiger charge is 2.27. The monoisotopic (exact) mass is 277 g/mol. The normalized spacial score (nSPS) is 14.3. The van der Waals surface area contributed by atoms with Crippen LogP contribution >= 0.6 is 0 Å². The molecule has 1 aromatic rings. The van der Waals surface area contributed by atoms with E-state index in [1.165, 1.54) is 23.6 Å². The van der Waals surface area contributed by atoms with Crippen LogP contribution in [0.25, 0.3) is 0 Å². The minimum absolute atomic E-state index is 0.0522. The maximum Gasteiger partial charge on any atom is 0.274 e. The largest absolute Gasteiger partial charge is 0.337 e. The molecule has 2 rings (SSSR count). The van der Waals surface area contributed by atoms with Crippen LogP contribution in [0.15, 0.2) is 16.9 Å². The summed E-state index contributed by atoms with van der Waals surface area (Å²) in [5, 5.41) is 4.21. The molecule has 1 aliphatic carbocycles. The third-order valence-corrected chi connectivity index (χ3v) is 3.48. The predicted molar refractivity (Wildman–Crippen MR) is 77.7 cm³/mol. The van der Waals surface area contributed by atoms with Gasteiger partial charge in [-0.3, -0.25) is 9.59 Å². The summed E-state index contributed by atoms with van der Waals surface area (Å²) in [6, 6.07) is 2.99. The van der Waals surface area contributed by atoms with Crippen LogP contribution < -0.4 is 5.56 Å². The molecular weight excluding hydrogens is 254 g/mol. The van der Waals surface area contributed by atoms with Gasteiger partial charge in [0.05, 0.1) is 0 Å². The number of aromatic nitrogens is 2. The number of amides is 1. The van der Waals surface area contributed by atoms with E-state index in [4.69, 9.17) is 0 Å². The fourth-order valence-corrected chi connectivity index (χ4v) is 2.25. The summed E-state index contributed by atoms with van der Waals surface area (Å²) in [5.74, 6) is 0.607. The molecule has 1 fully saturated rings. The molecule has 0 saturated heterocycles. The fourth-order valence-electron chi connectivity index (χ4n) is 2.25. The average Bonchev–Trinajstić information content (AvgIpc) is 3.24. The van der Waals surface area contributed by atoms with Gasteiger partial charge in [-0.05, 0) is 37.7 Å². The molecule has 5 nitrogen and oxygen atoms in total. The Balaban J connectivity index is 2.16. The lowest BCUT2D eigenvalue weighted by Crippen LogP contribution is -2.36. The average molecular weight is 277 g/mol. The molecule has 1 amide bonds. The number of rotatable bonds is 7. The molecule has 20 heavy (non-hydrogen) atoms. The summed E-state index contributed by atoms with van der Waals surface area (Å²) in [6.45, 7) is 6.18. The van der Waals surface area contributed by atoms with Gasteiger partial charge in [0.2, 0.25) is 0 Å². The van der Waals surface area contributed by atoms with Gasteiger partial charge in [-0.1, -0.05) is 13.8 Å². The van der Waals surface area contributed by atoms with E-state index >= 15 is 0 Å². The van der Waals surface area contributed by atoms with Gasteiger partial charge in [-0.25, -0.2) is 4.68 Å². The van der Waals surface area contributed by atoms with Crippen molar-refractivity contribution in [3.8, 4) is 0 Å². The molecule has 1 aromatic heterocycles. The summed E-state index contributed by atoms with van der Waals surface area (Å²) in [5.41, 5.74) is 0.236. The lowest BCUT2D eigenvalue weighted by atomic mass is 10.2. The van der Waals surface area contributed by atoms with Crippen molar-refractivity contribution in [2.45, 2.75) is 46.1 Å². The van der Waals surface area contributed by atoms with Crippen molar-refractivity contribution in [3.05, 3.63) is 28.2 Å². The molecule has 0 unspecified atom stereocenters. The van der Waals surface area contributed by atoms with E-state index in [9.17, 15) is 9.59 Å². The highest BCUT2D eigenvalue weighted by atomic mass is 16.2. The molecular formula is C15H23N3O2. The van der Waals surface area contributed by atoms with E-state index in [0.29, 0.717) is 18.2 Å². The van der Waals surface area contributed by atoms with Crippen molar-refractivity contribution < 1.29 is 4.79 Å². The van der Waals surface area contributed by atoms with Crippen molar-refractivity contribution >= 4 is 5.91 Å². The maximum atomic E-state index is 12.5. The Morgan fingerprint density at radius 1 is 1.35 bits per heavy atom. The smallest absolute Gasteiger partial charge is 0.274 e. The van der Waals surface area contributed by atoms with Crippen LogP contribution in [-0.4, -0.2) is 33.7 Å². The zero-order valence-corrected chi connectivity index (χ0v) is 12.3. The molecule has 0 N–H and O–H groups in total. The second kappa shape index (κ2) is 6.68. The molecule has 110 valence electrons. The third-order valence-electron chi connectivity index (χ3n) is 3.48. The highest BCUT2D eigenvalue weighted by Crippen LogP contribution is 2.30. The summed E-state index contributed by atoms with van der Waals surface area (Å²) in [4.78, 5) is 26.0. The Morgan fingerprint density at radius 2 is 2.10 bits per heavy atom. The fraction of sp³-hybridized carbons (Fsp3) is 0.667. The van der Waals surface area contributed by atoms with Crippen molar-refractivity contribution in [2.24, 2.45) is 5.92 Å². The number of hydrogen-bond acceptors (Lipinski definition) is 3. The van der Waals surface area contributed by atoms with E-state index in [0.717, 1.165) is 25.9 Å². The van der Waals surface area contributed by atoms with Crippen molar-refractivity contribution in [2.75, 3.05) is 13.1 Å². The first-order valence-corrected chi connectivity index (χ1v) is 7.53. The lowest BCUT2D eigenvalue weighted by Gasteiger charge is -2.21. The van der Waals surface area contributed by atoms with Gasteiger partial charge >= 0.3 is 0 Å². The number of nitrogens with zero attached hydrogens (tertiary/aromatic N) is 3. The third kappa shape index (κ3) is 3.68. The van der Waals surface area contributed by atoms with Crippen LogP contribution in [0.1, 0.15) is 50.0 Å². The van der Waals surface area contributed by atoms with Crippen molar-refractivity contribution in [1.29, 1.82) is 0 Å². The lowest BCUT2D eigenvalue weighted by molar-refractivity contribution is 0.0739. The topological polar surface area (TPSA) is 55.2 Å². The molecule has 0 aromatic carbocycles. The highest BCUT2D eigenvalue weighted by molar-refractivity contribution is 5.92. The maximum absolute atomic E-state index is 12.5. The number of carbonyl (C=O) groups is 1. The second-order valence-corrected chi connectivity index (χ2v) is 5.47. The van der Waals surface area contributed by atoms with Crippen LogP contribution in [0.3, 0.4) is 0 Å². The molecule has 0 aliphatic heterocycles. The van der Waals surface area contributed by atoms with Crippen molar-refractivity contribution in [3.63, 3.8) is 0 Å². The van der Waals surface area contributed by atoms with Gasteiger partial charge in [-0.15, -0.1) is 0 Å².